The quantitative estimate of drug-likeness (QED) is 0.229. The van der Waals surface area contributed by atoms with Crippen LogP contribution in [-0.2, 0) is 4.74 Å². The van der Waals surface area contributed by atoms with Crippen LogP contribution >= 0.6 is 12.2 Å². The molecule has 0 aromatic carbocycles. The topological polar surface area (TPSA) is 53.5 Å². The van der Waals surface area contributed by atoms with Crippen molar-refractivity contribution in [3.63, 3.8) is 0 Å². The fraction of sp³-hybridized carbons (Fsp3) is 0.500. The van der Waals surface area contributed by atoms with E-state index in [0.717, 1.165) is 0 Å². The molecule has 0 saturated heterocycles. The number of aliphatic hydroxyl groups is 1. The second-order valence-electron chi connectivity index (χ2n) is 1.63. The van der Waals surface area contributed by atoms with E-state index < -0.39 is 0 Å². The van der Waals surface area contributed by atoms with Gasteiger partial charge >= 0.3 is 0 Å². The van der Waals surface area contributed by atoms with Crippen LogP contribution in [0.25, 0.3) is 0 Å². The molecule has 0 spiro atoms. The first-order chi connectivity index (χ1) is 5.31. The lowest BCUT2D eigenvalue weighted by Crippen LogP contribution is -2.37. The molecule has 0 radical (unpaired) electrons. The standard InChI is InChI=1S/C6H12N2O2S/c1-2-10-4-3-7-6(11)8-5-9/h2,9H,1,3-5H2,(H2,7,8,11). The predicted molar refractivity (Wildman–Crippen MR) is 47.0 cm³/mol. The van der Waals surface area contributed by atoms with Gasteiger partial charge in [0.15, 0.2) is 5.11 Å². The summed E-state index contributed by atoms with van der Waals surface area (Å²) in [6, 6.07) is 0. The van der Waals surface area contributed by atoms with Gasteiger partial charge in [-0.25, -0.2) is 0 Å². The first-order valence-electron chi connectivity index (χ1n) is 3.16. The van der Waals surface area contributed by atoms with Gasteiger partial charge in [-0.1, -0.05) is 6.58 Å². The van der Waals surface area contributed by atoms with Gasteiger partial charge in [0, 0.05) is 0 Å². The Labute approximate surface area is 71.2 Å². The Kier molecular flexibility index (Phi) is 6.76. The van der Waals surface area contributed by atoms with E-state index in [4.69, 9.17) is 22.1 Å². The normalized spacial score (nSPS) is 8.45. The van der Waals surface area contributed by atoms with Gasteiger partial charge in [0.05, 0.1) is 12.8 Å². The maximum Gasteiger partial charge on any atom is 0.168 e. The highest BCUT2D eigenvalue weighted by atomic mass is 32.1. The van der Waals surface area contributed by atoms with Crippen molar-refractivity contribution in [3.8, 4) is 0 Å². The second-order valence-corrected chi connectivity index (χ2v) is 2.04. The summed E-state index contributed by atoms with van der Waals surface area (Å²) in [5.41, 5.74) is 0. The average Bonchev–Trinajstić information content (AvgIpc) is 1.99. The molecular formula is C6H12N2O2S. The van der Waals surface area contributed by atoms with E-state index in [2.05, 4.69) is 17.2 Å². The van der Waals surface area contributed by atoms with E-state index >= 15 is 0 Å². The zero-order chi connectivity index (χ0) is 8.53. The Hall–Kier alpha value is -0.810. The highest BCUT2D eigenvalue weighted by molar-refractivity contribution is 7.80. The van der Waals surface area contributed by atoms with E-state index in [1.165, 1.54) is 6.26 Å². The Bertz CT molecular complexity index is 130. The minimum Gasteiger partial charge on any atom is -0.500 e. The number of aliphatic hydroxyl groups excluding tert-OH is 1. The minimum atomic E-state index is -0.159. The maximum absolute atomic E-state index is 8.35. The van der Waals surface area contributed by atoms with Crippen molar-refractivity contribution in [1.82, 2.24) is 10.6 Å². The first kappa shape index (κ1) is 10.2. The molecule has 3 N–H and O–H groups in total. The summed E-state index contributed by atoms with van der Waals surface area (Å²) >= 11 is 4.74. The van der Waals surface area contributed by atoms with Gasteiger partial charge < -0.3 is 20.5 Å². The zero-order valence-corrected chi connectivity index (χ0v) is 6.99. The van der Waals surface area contributed by atoms with Crippen molar-refractivity contribution in [3.05, 3.63) is 12.8 Å². The monoisotopic (exact) mass is 176 g/mol. The Morgan fingerprint density at radius 1 is 1.64 bits per heavy atom. The number of hydrogen-bond donors (Lipinski definition) is 3. The van der Waals surface area contributed by atoms with Crippen molar-refractivity contribution in [1.29, 1.82) is 0 Å². The van der Waals surface area contributed by atoms with Crippen molar-refractivity contribution in [2.45, 2.75) is 0 Å². The summed E-state index contributed by atoms with van der Waals surface area (Å²) in [5, 5.41) is 14.1. The van der Waals surface area contributed by atoms with E-state index in [1.54, 1.807) is 0 Å². The van der Waals surface area contributed by atoms with Gasteiger partial charge in [0.2, 0.25) is 0 Å². The third-order valence-electron chi connectivity index (χ3n) is 0.863. The molecule has 0 heterocycles. The highest BCUT2D eigenvalue weighted by Crippen LogP contribution is 1.71. The molecule has 0 atom stereocenters. The van der Waals surface area contributed by atoms with Crippen molar-refractivity contribution in [2.24, 2.45) is 0 Å². The number of thiocarbonyl (C=S) groups is 1. The van der Waals surface area contributed by atoms with Crippen molar-refractivity contribution >= 4 is 17.3 Å². The van der Waals surface area contributed by atoms with Crippen LogP contribution in [0.5, 0.6) is 0 Å². The molecule has 0 saturated carbocycles. The number of ether oxygens (including phenoxy) is 1. The third kappa shape index (κ3) is 7.08. The van der Waals surface area contributed by atoms with Crippen LogP contribution in [0.1, 0.15) is 0 Å². The van der Waals surface area contributed by atoms with Crippen LogP contribution in [0.15, 0.2) is 12.8 Å². The molecule has 0 aromatic rings. The number of nitrogens with one attached hydrogen (secondary N) is 2. The van der Waals surface area contributed by atoms with Crippen molar-refractivity contribution < 1.29 is 9.84 Å². The number of rotatable bonds is 5. The summed E-state index contributed by atoms with van der Waals surface area (Å²) < 4.78 is 4.81. The van der Waals surface area contributed by atoms with Crippen LogP contribution in [-0.4, -0.2) is 30.1 Å². The first-order valence-corrected chi connectivity index (χ1v) is 3.57. The third-order valence-corrected chi connectivity index (χ3v) is 1.15. The average molecular weight is 176 g/mol. The minimum absolute atomic E-state index is 0.159. The molecule has 0 bridgehead atoms. The summed E-state index contributed by atoms with van der Waals surface area (Å²) in [7, 11) is 0. The van der Waals surface area contributed by atoms with Gasteiger partial charge in [-0.15, -0.1) is 0 Å². The molecule has 0 aromatic heterocycles. The molecule has 0 aliphatic heterocycles. The Morgan fingerprint density at radius 2 is 2.36 bits per heavy atom. The summed E-state index contributed by atoms with van der Waals surface area (Å²) in [6.45, 7) is 4.32. The van der Waals surface area contributed by atoms with Gasteiger partial charge in [0.25, 0.3) is 0 Å². The molecule has 0 aliphatic carbocycles. The van der Waals surface area contributed by atoms with Crippen LogP contribution in [0.3, 0.4) is 0 Å². The highest BCUT2D eigenvalue weighted by Gasteiger charge is 1.90. The van der Waals surface area contributed by atoms with Gasteiger partial charge in [-0.3, -0.25) is 0 Å². The number of hydrogen-bond acceptors (Lipinski definition) is 3. The molecule has 0 amide bonds. The van der Waals surface area contributed by atoms with Crippen LogP contribution in [0.2, 0.25) is 0 Å². The molecular weight excluding hydrogens is 164 g/mol. The van der Waals surface area contributed by atoms with Crippen LogP contribution in [0.4, 0.5) is 0 Å². The van der Waals surface area contributed by atoms with E-state index in [0.29, 0.717) is 18.3 Å². The predicted octanol–water partition coefficient (Wildman–Crippen LogP) is -0.440. The van der Waals surface area contributed by atoms with Gasteiger partial charge in [-0.2, -0.15) is 0 Å². The maximum atomic E-state index is 8.35. The molecule has 11 heavy (non-hydrogen) atoms. The molecule has 0 fully saturated rings. The SMILES string of the molecule is C=COCCNC(=S)NCO. The van der Waals surface area contributed by atoms with Crippen LogP contribution < -0.4 is 10.6 Å². The lowest BCUT2D eigenvalue weighted by atomic mass is 10.7. The second kappa shape index (κ2) is 7.30. The largest absolute Gasteiger partial charge is 0.500 e. The molecule has 0 rings (SSSR count). The lowest BCUT2D eigenvalue weighted by molar-refractivity contribution is 0.254. The van der Waals surface area contributed by atoms with E-state index in [1.807, 2.05) is 0 Å². The van der Waals surface area contributed by atoms with Gasteiger partial charge in [-0.05, 0) is 12.2 Å². The molecule has 0 unspecified atom stereocenters. The fourth-order valence-electron chi connectivity index (χ4n) is 0.441. The van der Waals surface area contributed by atoms with Gasteiger partial charge in [0.1, 0.15) is 13.3 Å². The van der Waals surface area contributed by atoms with Crippen molar-refractivity contribution in [2.75, 3.05) is 19.9 Å². The Morgan fingerprint density at radius 3 is 2.91 bits per heavy atom. The zero-order valence-electron chi connectivity index (χ0n) is 6.17. The molecule has 0 aliphatic rings. The van der Waals surface area contributed by atoms with E-state index in [9.17, 15) is 0 Å². The molecule has 5 heteroatoms. The lowest BCUT2D eigenvalue weighted by Gasteiger charge is -2.06. The summed E-state index contributed by atoms with van der Waals surface area (Å²) in [5.74, 6) is 0. The Balaban J connectivity index is 3.10. The van der Waals surface area contributed by atoms with E-state index in [-0.39, 0.29) is 6.73 Å². The van der Waals surface area contributed by atoms with Crippen LogP contribution in [0, 0.1) is 0 Å². The summed E-state index contributed by atoms with van der Waals surface area (Å²) in [4.78, 5) is 0. The smallest absolute Gasteiger partial charge is 0.168 e. The molecule has 64 valence electrons. The fourth-order valence-corrected chi connectivity index (χ4v) is 0.608. The molecule has 4 nitrogen and oxygen atoms in total. The summed E-state index contributed by atoms with van der Waals surface area (Å²) in [6.07, 6.45) is 1.37.